The van der Waals surface area contributed by atoms with E-state index in [0.29, 0.717) is 5.56 Å². The number of hydrogen-bond donors (Lipinski definition) is 0. The van der Waals surface area contributed by atoms with Crippen LogP contribution in [0.25, 0.3) is 22.0 Å². The lowest BCUT2D eigenvalue weighted by Gasteiger charge is -2.05. The third-order valence-corrected chi connectivity index (χ3v) is 3.23. The highest BCUT2D eigenvalue weighted by atomic mass is 16.5. The molecule has 3 heteroatoms. The highest BCUT2D eigenvalue weighted by Crippen LogP contribution is 2.23. The van der Waals surface area contributed by atoms with Crippen molar-refractivity contribution >= 4 is 16.7 Å². The molecule has 0 fully saturated rings. The van der Waals surface area contributed by atoms with Crippen LogP contribution >= 0.6 is 0 Å². The molecule has 2 aromatic carbocycles. The van der Waals surface area contributed by atoms with Gasteiger partial charge in [-0.05, 0) is 29.0 Å². The molecule has 0 aliphatic carbocycles. The molecule has 0 aliphatic rings. The van der Waals surface area contributed by atoms with E-state index in [9.17, 15) is 4.79 Å². The van der Waals surface area contributed by atoms with E-state index in [0.717, 1.165) is 16.6 Å². The van der Waals surface area contributed by atoms with E-state index in [1.165, 1.54) is 12.5 Å². The summed E-state index contributed by atoms with van der Waals surface area (Å²) in [5.74, 6) is -0.352. The van der Waals surface area contributed by atoms with Crippen LogP contribution in [-0.2, 0) is 4.74 Å². The summed E-state index contributed by atoms with van der Waals surface area (Å²) in [5.41, 5.74) is 2.25. The zero-order valence-electron chi connectivity index (χ0n) is 11.0. The van der Waals surface area contributed by atoms with Gasteiger partial charge in [-0.2, -0.15) is 0 Å². The molecule has 0 saturated heterocycles. The summed E-state index contributed by atoms with van der Waals surface area (Å²) in [5, 5.41) is 2.33. The van der Waals surface area contributed by atoms with Crippen LogP contribution in [0.3, 0.4) is 0 Å². The molecule has 0 radical (unpaired) electrons. The molecule has 0 atom stereocenters. The first kappa shape index (κ1) is 12.4. The van der Waals surface area contributed by atoms with Gasteiger partial charge in [-0.15, -0.1) is 0 Å². The molecule has 1 heterocycles. The Morgan fingerprint density at radius 3 is 2.60 bits per heavy atom. The molecule has 0 saturated carbocycles. The lowest BCUT2D eigenvalue weighted by Crippen LogP contribution is -2.01. The number of carbonyl (C=O) groups excluding carboxylic acids is 1. The van der Waals surface area contributed by atoms with E-state index in [-0.39, 0.29) is 5.97 Å². The summed E-state index contributed by atoms with van der Waals surface area (Å²) in [7, 11) is 1.37. The molecule has 0 unspecified atom stereocenters. The maximum atomic E-state index is 11.6. The summed E-state index contributed by atoms with van der Waals surface area (Å²) in [6, 6.07) is 17.7. The zero-order valence-corrected chi connectivity index (χ0v) is 11.0. The fraction of sp³-hybridized carbons (Fsp3) is 0.0588. The first-order chi connectivity index (χ1) is 9.78. The number of pyridine rings is 1. The van der Waals surface area contributed by atoms with Crippen LogP contribution in [0, 0.1) is 0 Å². The molecule has 1 aromatic heterocycles. The van der Waals surface area contributed by atoms with Crippen molar-refractivity contribution in [2.75, 3.05) is 7.11 Å². The highest BCUT2D eigenvalue weighted by molar-refractivity contribution is 5.91. The van der Waals surface area contributed by atoms with Crippen LogP contribution in [0.1, 0.15) is 10.4 Å². The van der Waals surface area contributed by atoms with Crippen molar-refractivity contribution < 1.29 is 9.53 Å². The Hall–Kier alpha value is -2.68. The van der Waals surface area contributed by atoms with Crippen LogP contribution in [-0.4, -0.2) is 18.1 Å². The molecular weight excluding hydrogens is 250 g/mol. The molecule has 0 N–H and O–H groups in total. The van der Waals surface area contributed by atoms with Crippen molar-refractivity contribution in [3.8, 4) is 11.3 Å². The van der Waals surface area contributed by atoms with E-state index in [1.807, 2.05) is 18.2 Å². The Bertz CT molecular complexity index is 781. The van der Waals surface area contributed by atoms with Gasteiger partial charge >= 0.3 is 5.97 Å². The molecule has 98 valence electrons. The Kier molecular flexibility index (Phi) is 3.17. The van der Waals surface area contributed by atoms with E-state index in [2.05, 4.69) is 29.2 Å². The molecule has 3 aromatic rings. The van der Waals surface area contributed by atoms with Gasteiger partial charge in [-0.1, -0.05) is 36.4 Å². The van der Waals surface area contributed by atoms with Gasteiger partial charge in [-0.25, -0.2) is 4.79 Å². The van der Waals surface area contributed by atoms with E-state index in [1.54, 1.807) is 18.3 Å². The number of fused-ring (bicyclic) bond motifs is 1. The van der Waals surface area contributed by atoms with Gasteiger partial charge < -0.3 is 4.74 Å². The largest absolute Gasteiger partial charge is 0.465 e. The minimum atomic E-state index is -0.352. The van der Waals surface area contributed by atoms with E-state index < -0.39 is 0 Å². The standard InChI is InChI=1S/C17H13NO2/c1-20-17(19)15-8-9-18-16(11-15)14-7-6-12-4-2-3-5-13(12)10-14/h2-11H,1H3. The lowest BCUT2D eigenvalue weighted by atomic mass is 10.0. The summed E-state index contributed by atoms with van der Waals surface area (Å²) in [4.78, 5) is 15.9. The molecule has 3 rings (SSSR count). The fourth-order valence-corrected chi connectivity index (χ4v) is 2.18. The maximum absolute atomic E-state index is 11.6. The van der Waals surface area contributed by atoms with Crippen LogP contribution in [0.5, 0.6) is 0 Å². The SMILES string of the molecule is COC(=O)c1ccnc(-c2ccc3ccccc3c2)c1. The van der Waals surface area contributed by atoms with E-state index in [4.69, 9.17) is 4.74 Å². The van der Waals surface area contributed by atoms with Crippen molar-refractivity contribution in [2.45, 2.75) is 0 Å². The van der Waals surface area contributed by atoms with Gasteiger partial charge in [0.2, 0.25) is 0 Å². The van der Waals surface area contributed by atoms with Crippen molar-refractivity contribution in [3.05, 3.63) is 66.4 Å². The molecule has 0 spiro atoms. The lowest BCUT2D eigenvalue weighted by molar-refractivity contribution is 0.0600. The topological polar surface area (TPSA) is 39.2 Å². The van der Waals surface area contributed by atoms with Crippen LogP contribution in [0.4, 0.5) is 0 Å². The number of rotatable bonds is 2. The number of esters is 1. The minimum absolute atomic E-state index is 0.352. The number of hydrogen-bond acceptors (Lipinski definition) is 3. The summed E-state index contributed by atoms with van der Waals surface area (Å²) < 4.78 is 4.73. The van der Waals surface area contributed by atoms with Crippen molar-refractivity contribution in [3.63, 3.8) is 0 Å². The van der Waals surface area contributed by atoms with Gasteiger partial charge in [0.05, 0.1) is 18.4 Å². The van der Waals surface area contributed by atoms with Crippen molar-refractivity contribution in [1.82, 2.24) is 4.98 Å². The Morgan fingerprint density at radius 1 is 1.00 bits per heavy atom. The molecule has 0 amide bonds. The molecule has 20 heavy (non-hydrogen) atoms. The predicted molar refractivity (Wildman–Crippen MR) is 78.5 cm³/mol. The number of ether oxygens (including phenoxy) is 1. The van der Waals surface area contributed by atoms with Gasteiger partial charge in [-0.3, -0.25) is 4.98 Å². The number of benzene rings is 2. The maximum Gasteiger partial charge on any atom is 0.337 e. The average molecular weight is 263 g/mol. The number of aromatic nitrogens is 1. The molecular formula is C17H13NO2. The van der Waals surface area contributed by atoms with Crippen LogP contribution in [0.15, 0.2) is 60.8 Å². The summed E-state index contributed by atoms with van der Waals surface area (Å²) >= 11 is 0. The average Bonchev–Trinajstić information content (AvgIpc) is 2.53. The minimum Gasteiger partial charge on any atom is -0.465 e. The van der Waals surface area contributed by atoms with E-state index >= 15 is 0 Å². The first-order valence-corrected chi connectivity index (χ1v) is 6.31. The van der Waals surface area contributed by atoms with Crippen LogP contribution in [0.2, 0.25) is 0 Å². The Labute approximate surface area is 116 Å². The monoisotopic (exact) mass is 263 g/mol. The molecule has 0 bridgehead atoms. The third kappa shape index (κ3) is 2.26. The number of carbonyl (C=O) groups is 1. The normalized spacial score (nSPS) is 10.4. The third-order valence-electron chi connectivity index (χ3n) is 3.23. The smallest absolute Gasteiger partial charge is 0.337 e. The van der Waals surface area contributed by atoms with Crippen LogP contribution < -0.4 is 0 Å². The second kappa shape index (κ2) is 5.13. The van der Waals surface area contributed by atoms with Gasteiger partial charge in [0.1, 0.15) is 0 Å². The van der Waals surface area contributed by atoms with Gasteiger partial charge in [0.15, 0.2) is 0 Å². The zero-order chi connectivity index (χ0) is 13.9. The highest BCUT2D eigenvalue weighted by Gasteiger charge is 2.08. The van der Waals surface area contributed by atoms with Gasteiger partial charge in [0, 0.05) is 11.8 Å². The van der Waals surface area contributed by atoms with Crippen molar-refractivity contribution in [1.29, 1.82) is 0 Å². The Balaban J connectivity index is 2.08. The van der Waals surface area contributed by atoms with Gasteiger partial charge in [0.25, 0.3) is 0 Å². The Morgan fingerprint density at radius 2 is 1.80 bits per heavy atom. The molecule has 3 nitrogen and oxygen atoms in total. The second-order valence-corrected chi connectivity index (χ2v) is 4.48. The number of nitrogens with zero attached hydrogens (tertiary/aromatic N) is 1. The number of methoxy groups -OCH3 is 1. The summed E-state index contributed by atoms with van der Waals surface area (Å²) in [6.07, 6.45) is 1.62. The second-order valence-electron chi connectivity index (χ2n) is 4.48. The summed E-state index contributed by atoms with van der Waals surface area (Å²) in [6.45, 7) is 0. The predicted octanol–water partition coefficient (Wildman–Crippen LogP) is 3.69. The fourth-order valence-electron chi connectivity index (χ4n) is 2.18. The quantitative estimate of drug-likeness (QED) is 0.662. The van der Waals surface area contributed by atoms with Crippen molar-refractivity contribution in [2.24, 2.45) is 0 Å². The molecule has 0 aliphatic heterocycles. The first-order valence-electron chi connectivity index (χ1n) is 6.31.